The van der Waals surface area contributed by atoms with Crippen LogP contribution < -0.4 is 4.74 Å². The smallest absolute Gasteiger partial charge is 0.159 e. The average Bonchev–Trinajstić information content (AvgIpc) is 2.67. The lowest BCUT2D eigenvalue weighted by Gasteiger charge is -2.08. The van der Waals surface area contributed by atoms with E-state index < -0.39 is 0 Å². The zero-order chi connectivity index (χ0) is 17.5. The van der Waals surface area contributed by atoms with Crippen LogP contribution in [-0.2, 0) is 13.0 Å². The fourth-order valence-electron chi connectivity index (χ4n) is 2.57. The number of aryl methyl sites for hydroxylation is 2. The summed E-state index contributed by atoms with van der Waals surface area (Å²) < 4.78 is 5.85. The summed E-state index contributed by atoms with van der Waals surface area (Å²) in [6.45, 7) is 4.85. The molecule has 0 amide bonds. The monoisotopic (exact) mass is 332 g/mol. The van der Waals surface area contributed by atoms with Gasteiger partial charge in [-0.25, -0.2) is 9.97 Å². The Hall–Kier alpha value is -2.68. The highest BCUT2D eigenvalue weighted by Gasteiger charge is 2.03. The maximum Gasteiger partial charge on any atom is 0.159 e. The van der Waals surface area contributed by atoms with E-state index in [-0.39, 0.29) is 0 Å². The third kappa shape index (κ3) is 4.90. The highest BCUT2D eigenvalue weighted by Crippen LogP contribution is 2.20. The first-order valence-electron chi connectivity index (χ1n) is 8.84. The van der Waals surface area contributed by atoms with Crippen molar-refractivity contribution in [3.05, 3.63) is 77.6 Å². The highest BCUT2D eigenvalue weighted by atomic mass is 16.5. The lowest BCUT2D eigenvalue weighted by molar-refractivity contribution is 0.306. The molecule has 3 rings (SSSR count). The molecule has 0 saturated heterocycles. The van der Waals surface area contributed by atoms with Crippen LogP contribution >= 0.6 is 0 Å². The van der Waals surface area contributed by atoms with E-state index in [0.29, 0.717) is 6.61 Å². The molecule has 0 aliphatic rings. The van der Waals surface area contributed by atoms with Crippen LogP contribution in [-0.4, -0.2) is 9.97 Å². The lowest BCUT2D eigenvalue weighted by atomic mass is 10.1. The van der Waals surface area contributed by atoms with E-state index in [9.17, 15) is 0 Å². The second-order valence-corrected chi connectivity index (χ2v) is 6.32. The Morgan fingerprint density at radius 2 is 1.52 bits per heavy atom. The van der Waals surface area contributed by atoms with Crippen molar-refractivity contribution in [3.63, 3.8) is 0 Å². The third-order valence-electron chi connectivity index (χ3n) is 4.16. The van der Waals surface area contributed by atoms with Gasteiger partial charge in [-0.1, -0.05) is 43.2 Å². The number of hydrogen-bond donors (Lipinski definition) is 0. The minimum atomic E-state index is 0.572. The Bertz CT molecular complexity index is 778. The Morgan fingerprint density at radius 1 is 0.840 bits per heavy atom. The van der Waals surface area contributed by atoms with Crippen molar-refractivity contribution in [2.24, 2.45) is 0 Å². The predicted molar refractivity (Wildman–Crippen MR) is 102 cm³/mol. The summed E-state index contributed by atoms with van der Waals surface area (Å²) in [6.07, 6.45) is 7.27. The molecule has 0 atom stereocenters. The fraction of sp³-hybridized carbons (Fsp3) is 0.273. The molecule has 0 saturated carbocycles. The Balaban J connectivity index is 1.60. The first-order valence-corrected chi connectivity index (χ1v) is 8.84. The van der Waals surface area contributed by atoms with E-state index >= 15 is 0 Å². The normalized spacial score (nSPS) is 10.6. The van der Waals surface area contributed by atoms with Gasteiger partial charge in [-0.05, 0) is 55.2 Å². The van der Waals surface area contributed by atoms with Crippen molar-refractivity contribution < 1.29 is 4.74 Å². The second kappa shape index (κ2) is 8.43. The van der Waals surface area contributed by atoms with Gasteiger partial charge in [0.2, 0.25) is 0 Å². The molecule has 3 heteroatoms. The molecule has 0 unspecified atom stereocenters. The van der Waals surface area contributed by atoms with Crippen molar-refractivity contribution in [3.8, 4) is 17.1 Å². The second-order valence-electron chi connectivity index (χ2n) is 6.32. The molecule has 0 fully saturated rings. The molecule has 0 spiro atoms. The largest absolute Gasteiger partial charge is 0.489 e. The van der Waals surface area contributed by atoms with Gasteiger partial charge in [0.05, 0.1) is 0 Å². The third-order valence-corrected chi connectivity index (χ3v) is 4.16. The van der Waals surface area contributed by atoms with Gasteiger partial charge in [0.15, 0.2) is 5.82 Å². The van der Waals surface area contributed by atoms with Crippen LogP contribution in [0.5, 0.6) is 5.75 Å². The Kier molecular flexibility index (Phi) is 5.78. The summed E-state index contributed by atoms with van der Waals surface area (Å²) in [6, 6.07) is 16.3. The van der Waals surface area contributed by atoms with Crippen molar-refractivity contribution in [1.29, 1.82) is 0 Å². The molecule has 128 valence electrons. The van der Waals surface area contributed by atoms with E-state index in [1.165, 1.54) is 29.5 Å². The summed E-state index contributed by atoms with van der Waals surface area (Å²) in [5, 5.41) is 0. The molecule has 1 heterocycles. The molecule has 1 aromatic heterocycles. The van der Waals surface area contributed by atoms with Gasteiger partial charge in [-0.15, -0.1) is 0 Å². The van der Waals surface area contributed by atoms with Crippen molar-refractivity contribution >= 4 is 0 Å². The number of ether oxygens (including phenoxy) is 1. The summed E-state index contributed by atoms with van der Waals surface area (Å²) in [5.74, 6) is 1.61. The maximum absolute atomic E-state index is 5.85. The summed E-state index contributed by atoms with van der Waals surface area (Å²) >= 11 is 0. The first-order chi connectivity index (χ1) is 12.2. The number of unbranched alkanes of at least 4 members (excludes halogenated alkanes) is 1. The molecule has 0 aliphatic heterocycles. The van der Waals surface area contributed by atoms with Crippen LogP contribution in [0.2, 0.25) is 0 Å². The van der Waals surface area contributed by atoms with Gasteiger partial charge in [-0.3, -0.25) is 0 Å². The van der Waals surface area contributed by atoms with E-state index in [1.54, 1.807) is 0 Å². The van der Waals surface area contributed by atoms with Crippen LogP contribution in [0.3, 0.4) is 0 Å². The zero-order valence-corrected chi connectivity index (χ0v) is 14.9. The summed E-state index contributed by atoms with van der Waals surface area (Å²) in [7, 11) is 0. The lowest BCUT2D eigenvalue weighted by Crippen LogP contribution is -1.96. The van der Waals surface area contributed by atoms with E-state index in [1.807, 2.05) is 36.7 Å². The minimum Gasteiger partial charge on any atom is -0.489 e. The minimum absolute atomic E-state index is 0.572. The molecule has 2 aromatic carbocycles. The molecule has 3 aromatic rings. The zero-order valence-electron chi connectivity index (χ0n) is 14.9. The van der Waals surface area contributed by atoms with Crippen LogP contribution in [0.1, 0.15) is 36.5 Å². The molecule has 0 aliphatic carbocycles. The van der Waals surface area contributed by atoms with Crippen LogP contribution in [0.25, 0.3) is 11.4 Å². The Morgan fingerprint density at radius 3 is 2.16 bits per heavy atom. The van der Waals surface area contributed by atoms with E-state index in [4.69, 9.17) is 4.74 Å². The van der Waals surface area contributed by atoms with Crippen molar-refractivity contribution in [1.82, 2.24) is 9.97 Å². The molecule has 3 nitrogen and oxygen atoms in total. The molecular formula is C22H24N2O. The fourth-order valence-corrected chi connectivity index (χ4v) is 2.57. The van der Waals surface area contributed by atoms with Gasteiger partial charge in [-0.2, -0.15) is 0 Å². The first kappa shape index (κ1) is 17.2. The topological polar surface area (TPSA) is 35.0 Å². The number of rotatable bonds is 7. The summed E-state index contributed by atoms with van der Waals surface area (Å²) in [5.41, 5.74) is 4.63. The molecule has 0 bridgehead atoms. The van der Waals surface area contributed by atoms with Gasteiger partial charge in [0.1, 0.15) is 12.4 Å². The van der Waals surface area contributed by atoms with Gasteiger partial charge in [0, 0.05) is 18.0 Å². The van der Waals surface area contributed by atoms with Crippen molar-refractivity contribution in [2.45, 2.75) is 39.7 Å². The average molecular weight is 332 g/mol. The SMILES string of the molecule is CCCCc1cnc(-c2ccc(OCc3ccc(C)cc3)cc2)nc1. The number of benzene rings is 2. The van der Waals surface area contributed by atoms with Crippen molar-refractivity contribution in [2.75, 3.05) is 0 Å². The highest BCUT2D eigenvalue weighted by molar-refractivity contribution is 5.55. The molecule has 25 heavy (non-hydrogen) atoms. The number of hydrogen-bond acceptors (Lipinski definition) is 3. The van der Waals surface area contributed by atoms with E-state index in [2.05, 4.69) is 48.1 Å². The van der Waals surface area contributed by atoms with Crippen LogP contribution in [0, 0.1) is 6.92 Å². The van der Waals surface area contributed by atoms with Gasteiger partial charge in [0.25, 0.3) is 0 Å². The Labute approximate surface area is 149 Å². The summed E-state index contributed by atoms with van der Waals surface area (Å²) in [4.78, 5) is 8.96. The number of nitrogens with zero attached hydrogens (tertiary/aromatic N) is 2. The van der Waals surface area contributed by atoms with Gasteiger partial charge < -0.3 is 4.74 Å². The van der Waals surface area contributed by atoms with E-state index in [0.717, 1.165) is 23.6 Å². The van der Waals surface area contributed by atoms with Crippen LogP contribution in [0.15, 0.2) is 60.9 Å². The molecule has 0 radical (unpaired) electrons. The molecule has 0 N–H and O–H groups in total. The van der Waals surface area contributed by atoms with Gasteiger partial charge >= 0.3 is 0 Å². The van der Waals surface area contributed by atoms with Crippen LogP contribution in [0.4, 0.5) is 0 Å². The predicted octanol–water partition coefficient (Wildman–Crippen LogP) is 5.37. The maximum atomic E-state index is 5.85. The molecular weight excluding hydrogens is 308 g/mol. The number of aromatic nitrogens is 2. The standard InChI is InChI=1S/C22H24N2O/c1-3-4-5-19-14-23-22(24-15-19)20-10-12-21(13-11-20)25-16-18-8-6-17(2)7-9-18/h6-15H,3-5,16H2,1-2H3. The quantitative estimate of drug-likeness (QED) is 0.583.